The second-order valence-electron chi connectivity index (χ2n) is 5.75. The number of nitrogens with zero attached hydrogens (tertiary/aromatic N) is 2. The third-order valence-electron chi connectivity index (χ3n) is 3.47. The van der Waals surface area contributed by atoms with Gasteiger partial charge in [0.2, 0.25) is 0 Å². The van der Waals surface area contributed by atoms with Crippen LogP contribution in [0.2, 0.25) is 0 Å². The van der Waals surface area contributed by atoms with Crippen LogP contribution >= 0.6 is 11.3 Å². The summed E-state index contributed by atoms with van der Waals surface area (Å²) >= 11 is 1.51. The zero-order valence-electron chi connectivity index (χ0n) is 14.2. The van der Waals surface area contributed by atoms with Crippen LogP contribution in [0.4, 0.5) is 0 Å². The average Bonchev–Trinajstić information content (AvgIpc) is 3.07. The van der Waals surface area contributed by atoms with Crippen molar-refractivity contribution in [3.05, 3.63) is 64.8 Å². The van der Waals surface area contributed by atoms with E-state index >= 15 is 0 Å². The molecule has 1 N–H and O–H groups in total. The van der Waals surface area contributed by atoms with Gasteiger partial charge in [-0.15, -0.1) is 11.3 Å². The normalized spacial score (nSPS) is 10.5. The molecular formula is C19H19N3O2S. The number of ether oxygens (including phenoxy) is 1. The fourth-order valence-corrected chi connectivity index (χ4v) is 3.20. The van der Waals surface area contributed by atoms with Crippen LogP contribution in [0, 0.1) is 13.8 Å². The maximum Gasteiger partial charge on any atom is 0.258 e. The molecule has 1 amide bonds. The van der Waals surface area contributed by atoms with Gasteiger partial charge in [-0.25, -0.2) is 4.98 Å². The Kier molecular flexibility index (Phi) is 5.40. The molecule has 0 aliphatic rings. The molecule has 0 aliphatic heterocycles. The molecule has 2 heterocycles. The van der Waals surface area contributed by atoms with Crippen LogP contribution in [0.1, 0.15) is 16.8 Å². The number of hydrogen-bond donors (Lipinski definition) is 1. The molecule has 0 aliphatic carbocycles. The first-order chi connectivity index (χ1) is 12.1. The van der Waals surface area contributed by atoms with Crippen molar-refractivity contribution in [1.29, 1.82) is 0 Å². The fraction of sp³-hybridized carbons (Fsp3) is 0.211. The highest BCUT2D eigenvalue weighted by Crippen LogP contribution is 2.21. The molecule has 128 valence electrons. The van der Waals surface area contributed by atoms with Crippen molar-refractivity contribution < 1.29 is 9.53 Å². The minimum atomic E-state index is -0.174. The number of pyridine rings is 1. The number of aryl methyl sites for hydroxylation is 2. The third kappa shape index (κ3) is 4.87. The van der Waals surface area contributed by atoms with Crippen molar-refractivity contribution in [2.75, 3.05) is 6.61 Å². The summed E-state index contributed by atoms with van der Waals surface area (Å²) in [6.45, 7) is 4.36. The SMILES string of the molecule is Cc1cc(C)cc(OCC(=O)NCc2csc(-c3ccccn3)n2)c1. The van der Waals surface area contributed by atoms with Crippen molar-refractivity contribution in [3.8, 4) is 16.5 Å². The van der Waals surface area contributed by atoms with Crippen molar-refractivity contribution in [2.24, 2.45) is 0 Å². The Morgan fingerprint density at radius 3 is 2.72 bits per heavy atom. The van der Waals surface area contributed by atoms with Gasteiger partial charge in [0.05, 0.1) is 17.9 Å². The molecule has 0 unspecified atom stereocenters. The van der Waals surface area contributed by atoms with E-state index in [1.807, 2.05) is 49.6 Å². The Hall–Kier alpha value is -2.73. The Morgan fingerprint density at radius 1 is 1.20 bits per heavy atom. The summed E-state index contributed by atoms with van der Waals surface area (Å²) in [5, 5.41) is 5.59. The Morgan fingerprint density at radius 2 is 2.00 bits per heavy atom. The summed E-state index contributed by atoms with van der Waals surface area (Å²) in [5.74, 6) is 0.533. The summed E-state index contributed by atoms with van der Waals surface area (Å²) < 4.78 is 5.55. The number of benzene rings is 1. The molecule has 2 aromatic heterocycles. The Balaban J connectivity index is 1.50. The van der Waals surface area contributed by atoms with Crippen LogP contribution in [-0.4, -0.2) is 22.5 Å². The highest BCUT2D eigenvalue weighted by Gasteiger charge is 2.08. The monoisotopic (exact) mass is 353 g/mol. The largest absolute Gasteiger partial charge is 0.484 e. The molecule has 0 radical (unpaired) electrons. The fourth-order valence-electron chi connectivity index (χ4n) is 2.40. The van der Waals surface area contributed by atoms with Gasteiger partial charge in [-0.1, -0.05) is 12.1 Å². The number of amides is 1. The molecule has 0 bridgehead atoms. The van der Waals surface area contributed by atoms with Crippen LogP contribution < -0.4 is 10.1 Å². The quantitative estimate of drug-likeness (QED) is 0.736. The molecule has 0 saturated carbocycles. The smallest absolute Gasteiger partial charge is 0.258 e. The van der Waals surface area contributed by atoms with Crippen LogP contribution in [-0.2, 0) is 11.3 Å². The number of hydrogen-bond acceptors (Lipinski definition) is 5. The zero-order chi connectivity index (χ0) is 17.6. The van der Waals surface area contributed by atoms with Crippen LogP contribution in [0.3, 0.4) is 0 Å². The van der Waals surface area contributed by atoms with Gasteiger partial charge in [0, 0.05) is 11.6 Å². The summed E-state index contributed by atoms with van der Waals surface area (Å²) in [5.41, 5.74) is 3.87. The molecule has 3 aromatic rings. The lowest BCUT2D eigenvalue weighted by Gasteiger charge is -2.08. The van der Waals surface area contributed by atoms with E-state index in [1.54, 1.807) is 6.20 Å². The number of aromatic nitrogens is 2. The molecule has 5 nitrogen and oxygen atoms in total. The predicted octanol–water partition coefficient (Wildman–Crippen LogP) is 3.52. The van der Waals surface area contributed by atoms with E-state index in [0.29, 0.717) is 12.3 Å². The molecule has 3 rings (SSSR count). The second-order valence-corrected chi connectivity index (χ2v) is 6.61. The van der Waals surface area contributed by atoms with Gasteiger partial charge in [-0.05, 0) is 49.2 Å². The van der Waals surface area contributed by atoms with Crippen molar-refractivity contribution >= 4 is 17.2 Å². The minimum Gasteiger partial charge on any atom is -0.484 e. The standard InChI is InChI=1S/C19H19N3O2S/c1-13-7-14(2)9-16(8-13)24-11-18(23)21-10-15-12-25-19(22-15)17-5-3-4-6-20-17/h3-9,12H,10-11H2,1-2H3,(H,21,23). The summed E-state index contributed by atoms with van der Waals surface area (Å²) in [4.78, 5) is 20.7. The molecule has 0 saturated heterocycles. The predicted molar refractivity (Wildman–Crippen MR) is 98.6 cm³/mol. The van der Waals surface area contributed by atoms with Gasteiger partial charge in [0.15, 0.2) is 6.61 Å². The lowest BCUT2D eigenvalue weighted by atomic mass is 10.1. The third-order valence-corrected chi connectivity index (χ3v) is 4.38. The highest BCUT2D eigenvalue weighted by molar-refractivity contribution is 7.13. The lowest BCUT2D eigenvalue weighted by Crippen LogP contribution is -2.28. The van der Waals surface area contributed by atoms with Gasteiger partial charge in [0.25, 0.3) is 5.91 Å². The van der Waals surface area contributed by atoms with Gasteiger partial charge in [-0.3, -0.25) is 9.78 Å². The number of carbonyl (C=O) groups excluding carboxylic acids is 1. The first kappa shape index (κ1) is 17.1. The number of rotatable bonds is 6. The van der Waals surface area contributed by atoms with Crippen molar-refractivity contribution in [3.63, 3.8) is 0 Å². The maximum atomic E-state index is 12.0. The topological polar surface area (TPSA) is 64.1 Å². The molecule has 0 atom stereocenters. The second kappa shape index (κ2) is 7.90. The molecule has 0 fully saturated rings. The summed E-state index contributed by atoms with van der Waals surface area (Å²) in [6, 6.07) is 11.6. The van der Waals surface area contributed by atoms with E-state index in [9.17, 15) is 4.79 Å². The molecule has 1 aromatic carbocycles. The van der Waals surface area contributed by atoms with E-state index in [2.05, 4.69) is 21.4 Å². The van der Waals surface area contributed by atoms with Gasteiger partial charge < -0.3 is 10.1 Å². The van der Waals surface area contributed by atoms with Crippen LogP contribution in [0.15, 0.2) is 48.0 Å². The van der Waals surface area contributed by atoms with E-state index in [1.165, 1.54) is 11.3 Å². The van der Waals surface area contributed by atoms with E-state index in [-0.39, 0.29) is 12.5 Å². The Bertz CT molecular complexity index is 842. The molecular weight excluding hydrogens is 334 g/mol. The van der Waals surface area contributed by atoms with Crippen molar-refractivity contribution in [1.82, 2.24) is 15.3 Å². The average molecular weight is 353 g/mol. The number of thiazole rings is 1. The van der Waals surface area contributed by atoms with Crippen LogP contribution in [0.5, 0.6) is 5.75 Å². The van der Waals surface area contributed by atoms with Crippen LogP contribution in [0.25, 0.3) is 10.7 Å². The van der Waals surface area contributed by atoms with E-state index in [4.69, 9.17) is 4.74 Å². The number of nitrogens with one attached hydrogen (secondary N) is 1. The summed E-state index contributed by atoms with van der Waals surface area (Å²) in [7, 11) is 0. The van der Waals surface area contributed by atoms with Gasteiger partial charge >= 0.3 is 0 Å². The van der Waals surface area contributed by atoms with Gasteiger partial charge in [-0.2, -0.15) is 0 Å². The molecule has 6 heteroatoms. The van der Waals surface area contributed by atoms with Crippen molar-refractivity contribution in [2.45, 2.75) is 20.4 Å². The molecule has 25 heavy (non-hydrogen) atoms. The Labute approximate surface area is 150 Å². The van der Waals surface area contributed by atoms with E-state index < -0.39 is 0 Å². The molecule has 0 spiro atoms. The highest BCUT2D eigenvalue weighted by atomic mass is 32.1. The summed E-state index contributed by atoms with van der Waals surface area (Å²) in [6.07, 6.45) is 1.74. The number of carbonyl (C=O) groups is 1. The minimum absolute atomic E-state index is 0.0138. The first-order valence-corrected chi connectivity index (χ1v) is 8.82. The van der Waals surface area contributed by atoms with E-state index in [0.717, 1.165) is 27.5 Å². The first-order valence-electron chi connectivity index (χ1n) is 7.94. The van der Waals surface area contributed by atoms with Gasteiger partial charge in [0.1, 0.15) is 10.8 Å². The maximum absolute atomic E-state index is 12.0. The zero-order valence-corrected chi connectivity index (χ0v) is 15.0. The lowest BCUT2D eigenvalue weighted by molar-refractivity contribution is -0.123.